The highest BCUT2D eigenvalue weighted by atomic mass is 16.5. The van der Waals surface area contributed by atoms with Crippen molar-refractivity contribution in [2.45, 2.75) is 64.2 Å². The summed E-state index contributed by atoms with van der Waals surface area (Å²) in [5.74, 6) is 0.595. The first-order chi connectivity index (χ1) is 9.76. The van der Waals surface area contributed by atoms with Gasteiger partial charge in [-0.3, -0.25) is 0 Å². The second-order valence-corrected chi connectivity index (χ2v) is 6.02. The maximum Gasteiger partial charge on any atom is 0.330 e. The third-order valence-corrected chi connectivity index (χ3v) is 4.35. The molecule has 1 N–H and O–H groups in total. The molecule has 0 bridgehead atoms. The van der Waals surface area contributed by atoms with Gasteiger partial charge >= 0.3 is 5.97 Å². The van der Waals surface area contributed by atoms with Gasteiger partial charge in [0.2, 0.25) is 0 Å². The fourth-order valence-corrected chi connectivity index (χ4v) is 2.90. The number of rotatable bonds is 4. The molecule has 0 aliphatic heterocycles. The molecular weight excluding hydrogens is 252 g/mol. The van der Waals surface area contributed by atoms with Crippen molar-refractivity contribution in [2.75, 3.05) is 13.2 Å². The van der Waals surface area contributed by atoms with E-state index in [-0.39, 0.29) is 5.97 Å². The van der Waals surface area contributed by atoms with E-state index < -0.39 is 0 Å². The number of carbonyl (C=O) groups excluding carboxylic acids is 1. The first kappa shape index (κ1) is 17.2. The lowest BCUT2D eigenvalue weighted by Gasteiger charge is -2.26. The monoisotopic (exact) mass is 282 g/mol. The van der Waals surface area contributed by atoms with Gasteiger partial charge in [0.25, 0.3) is 0 Å². The number of hydrogen-bond donors (Lipinski definition) is 1. The van der Waals surface area contributed by atoms with E-state index in [4.69, 9.17) is 9.84 Å². The highest BCUT2D eigenvalue weighted by molar-refractivity contribution is 5.81. The van der Waals surface area contributed by atoms with Gasteiger partial charge in [-0.25, -0.2) is 4.79 Å². The van der Waals surface area contributed by atoms with Gasteiger partial charge in [-0.15, -0.1) is 0 Å². The van der Waals surface area contributed by atoms with Crippen molar-refractivity contribution in [3.63, 3.8) is 0 Å². The lowest BCUT2D eigenvalue weighted by Crippen LogP contribution is -2.21. The minimum absolute atomic E-state index is 0.291. The Hall–Kier alpha value is -0.830. The number of hydrogen-bond acceptors (Lipinski definition) is 3. The zero-order chi connectivity index (χ0) is 14.6. The van der Waals surface area contributed by atoms with Crippen LogP contribution in [0.15, 0.2) is 12.7 Å². The lowest BCUT2D eigenvalue weighted by molar-refractivity contribution is -0.139. The molecule has 0 atom stereocenters. The Morgan fingerprint density at radius 1 is 1.00 bits per heavy atom. The van der Waals surface area contributed by atoms with E-state index >= 15 is 0 Å². The van der Waals surface area contributed by atoms with E-state index in [0.29, 0.717) is 25.0 Å². The standard InChI is InChI=1S/C11H18O3.C6H12/c1-2-11(13)14-8-10-5-3-9(7-12)4-6-10;1-2-4-6-5-3-1/h2,9-10,12H,1,3-8H2;1-6H2. The second-order valence-electron chi connectivity index (χ2n) is 6.02. The number of aliphatic hydroxyl groups excluding tert-OH is 1. The van der Waals surface area contributed by atoms with Crippen LogP contribution in [0.4, 0.5) is 0 Å². The van der Waals surface area contributed by atoms with E-state index in [1.165, 1.54) is 44.6 Å². The molecule has 20 heavy (non-hydrogen) atoms. The molecule has 0 amide bonds. The average molecular weight is 282 g/mol. The fourth-order valence-electron chi connectivity index (χ4n) is 2.90. The summed E-state index contributed by atoms with van der Waals surface area (Å²) in [6.45, 7) is 4.14. The van der Waals surface area contributed by atoms with Crippen molar-refractivity contribution in [3.8, 4) is 0 Å². The SMILES string of the molecule is C1CCCCC1.C=CC(=O)OCC1CCC(CO)CC1. The fraction of sp³-hybridized carbons (Fsp3) is 0.824. The first-order valence-electron chi connectivity index (χ1n) is 8.16. The van der Waals surface area contributed by atoms with Gasteiger partial charge < -0.3 is 9.84 Å². The number of aliphatic hydroxyl groups is 1. The molecule has 0 aromatic carbocycles. The van der Waals surface area contributed by atoms with Crippen LogP contribution in [0.5, 0.6) is 0 Å². The van der Waals surface area contributed by atoms with E-state index in [1.54, 1.807) is 0 Å². The summed E-state index contributed by atoms with van der Waals surface area (Å²) in [4.78, 5) is 10.8. The van der Waals surface area contributed by atoms with E-state index in [2.05, 4.69) is 6.58 Å². The normalized spacial score (nSPS) is 26.1. The maximum atomic E-state index is 10.8. The number of carbonyl (C=O) groups is 1. The molecule has 2 saturated carbocycles. The predicted octanol–water partition coefficient (Wildman–Crippen LogP) is 3.85. The smallest absolute Gasteiger partial charge is 0.330 e. The van der Waals surface area contributed by atoms with E-state index in [9.17, 15) is 4.79 Å². The molecule has 0 unspecified atom stereocenters. The van der Waals surface area contributed by atoms with Crippen molar-refractivity contribution in [2.24, 2.45) is 11.8 Å². The van der Waals surface area contributed by atoms with Gasteiger partial charge in [0, 0.05) is 12.7 Å². The summed E-state index contributed by atoms with van der Waals surface area (Å²) in [6.07, 6.45) is 14.4. The van der Waals surface area contributed by atoms with Crippen LogP contribution in [0.25, 0.3) is 0 Å². The summed E-state index contributed by atoms with van der Waals surface area (Å²) < 4.78 is 4.98. The maximum absolute atomic E-state index is 10.8. The van der Waals surface area contributed by atoms with Crippen LogP contribution in [0.2, 0.25) is 0 Å². The molecule has 116 valence electrons. The van der Waals surface area contributed by atoms with Crippen LogP contribution in [0.1, 0.15) is 64.2 Å². The van der Waals surface area contributed by atoms with Gasteiger partial charge in [-0.05, 0) is 37.5 Å². The molecule has 2 aliphatic rings. The molecule has 0 aromatic heterocycles. The Bertz CT molecular complexity index is 252. The molecular formula is C17H30O3. The minimum atomic E-state index is -0.339. The highest BCUT2D eigenvalue weighted by Crippen LogP contribution is 2.28. The molecule has 0 spiro atoms. The summed E-state index contributed by atoms with van der Waals surface area (Å²) in [5, 5.41) is 8.93. The van der Waals surface area contributed by atoms with E-state index in [0.717, 1.165) is 25.7 Å². The summed E-state index contributed by atoms with van der Waals surface area (Å²) in [5.41, 5.74) is 0. The predicted molar refractivity (Wildman–Crippen MR) is 81.4 cm³/mol. The molecule has 3 heteroatoms. The van der Waals surface area contributed by atoms with Crippen LogP contribution in [0, 0.1) is 11.8 Å². The van der Waals surface area contributed by atoms with Crippen LogP contribution in [-0.2, 0) is 9.53 Å². The summed E-state index contributed by atoms with van der Waals surface area (Å²) in [7, 11) is 0. The van der Waals surface area contributed by atoms with Gasteiger partial charge in [0.15, 0.2) is 0 Å². The first-order valence-corrected chi connectivity index (χ1v) is 8.16. The van der Waals surface area contributed by atoms with Crippen LogP contribution in [-0.4, -0.2) is 24.3 Å². The zero-order valence-electron chi connectivity index (χ0n) is 12.7. The Morgan fingerprint density at radius 3 is 1.85 bits per heavy atom. The minimum Gasteiger partial charge on any atom is -0.462 e. The molecule has 2 aliphatic carbocycles. The van der Waals surface area contributed by atoms with Crippen LogP contribution in [0.3, 0.4) is 0 Å². The molecule has 2 rings (SSSR count). The molecule has 0 heterocycles. The lowest BCUT2D eigenvalue weighted by atomic mass is 9.83. The van der Waals surface area contributed by atoms with Gasteiger partial charge in [-0.1, -0.05) is 45.1 Å². The zero-order valence-corrected chi connectivity index (χ0v) is 12.7. The Morgan fingerprint density at radius 2 is 1.45 bits per heavy atom. The van der Waals surface area contributed by atoms with Crippen molar-refractivity contribution in [3.05, 3.63) is 12.7 Å². The van der Waals surface area contributed by atoms with Gasteiger partial charge in [0.1, 0.15) is 0 Å². The van der Waals surface area contributed by atoms with Crippen LogP contribution < -0.4 is 0 Å². The average Bonchev–Trinajstić information content (AvgIpc) is 2.55. The largest absolute Gasteiger partial charge is 0.462 e. The van der Waals surface area contributed by atoms with Gasteiger partial charge in [-0.2, -0.15) is 0 Å². The molecule has 0 saturated heterocycles. The summed E-state index contributed by atoms with van der Waals surface area (Å²) >= 11 is 0. The molecule has 0 aromatic rings. The van der Waals surface area contributed by atoms with Crippen molar-refractivity contribution >= 4 is 5.97 Å². The van der Waals surface area contributed by atoms with Crippen LogP contribution >= 0.6 is 0 Å². The number of esters is 1. The summed E-state index contributed by atoms with van der Waals surface area (Å²) in [6, 6.07) is 0. The Labute approximate surface area is 123 Å². The van der Waals surface area contributed by atoms with Crippen molar-refractivity contribution in [1.82, 2.24) is 0 Å². The highest BCUT2D eigenvalue weighted by Gasteiger charge is 2.21. The van der Waals surface area contributed by atoms with Gasteiger partial charge in [0.05, 0.1) is 6.61 Å². The third-order valence-electron chi connectivity index (χ3n) is 4.35. The third kappa shape index (κ3) is 7.68. The topological polar surface area (TPSA) is 46.5 Å². The molecule has 0 radical (unpaired) electrons. The Balaban J connectivity index is 0.000000276. The van der Waals surface area contributed by atoms with Crippen molar-refractivity contribution in [1.29, 1.82) is 0 Å². The molecule has 3 nitrogen and oxygen atoms in total. The van der Waals surface area contributed by atoms with E-state index in [1.807, 2.05) is 0 Å². The molecule has 2 fully saturated rings. The Kier molecular flexibility index (Phi) is 9.38. The van der Waals surface area contributed by atoms with Crippen molar-refractivity contribution < 1.29 is 14.6 Å². The quantitative estimate of drug-likeness (QED) is 0.629. The number of ether oxygens (including phenoxy) is 1. The second kappa shape index (κ2) is 10.9.